The van der Waals surface area contributed by atoms with Crippen LogP contribution in [0.3, 0.4) is 0 Å². The summed E-state index contributed by atoms with van der Waals surface area (Å²) in [6.45, 7) is 4.67. The predicted molar refractivity (Wildman–Crippen MR) is 61.5 cm³/mol. The van der Waals surface area contributed by atoms with Crippen LogP contribution in [0.25, 0.3) is 0 Å². The molecule has 0 bridgehead atoms. The van der Waals surface area contributed by atoms with E-state index in [2.05, 4.69) is 26.5 Å². The van der Waals surface area contributed by atoms with Crippen LogP contribution >= 0.6 is 12.6 Å². The molecule has 0 rings (SSSR count). The fraction of sp³-hybridized carbons (Fsp3) is 0.900. The third-order valence-corrected chi connectivity index (χ3v) is 2.29. The van der Waals surface area contributed by atoms with Gasteiger partial charge >= 0.3 is 5.97 Å². The smallest absolute Gasteiger partial charge is 0.322 e. The molecular weight excluding hydrogens is 198 g/mol. The Morgan fingerprint density at radius 1 is 1.50 bits per heavy atom. The zero-order valence-corrected chi connectivity index (χ0v) is 9.93. The van der Waals surface area contributed by atoms with E-state index >= 15 is 0 Å². The summed E-state index contributed by atoms with van der Waals surface area (Å²) in [5.41, 5.74) is 5.56. The average molecular weight is 219 g/mol. The van der Waals surface area contributed by atoms with Gasteiger partial charge < -0.3 is 10.5 Å². The molecule has 0 radical (unpaired) electrons. The fourth-order valence-corrected chi connectivity index (χ4v) is 1.44. The molecule has 0 heterocycles. The Morgan fingerprint density at radius 3 is 2.64 bits per heavy atom. The number of hydrogen-bond donors (Lipinski definition) is 2. The highest BCUT2D eigenvalue weighted by Gasteiger charge is 2.14. The fourth-order valence-electron chi connectivity index (χ4n) is 1.16. The minimum atomic E-state index is -0.513. The molecule has 0 saturated heterocycles. The van der Waals surface area contributed by atoms with Crippen molar-refractivity contribution < 1.29 is 9.53 Å². The van der Waals surface area contributed by atoms with Crippen molar-refractivity contribution in [3.8, 4) is 0 Å². The largest absolute Gasteiger partial charge is 0.464 e. The Bertz CT molecular complexity index is 164. The topological polar surface area (TPSA) is 52.3 Å². The van der Waals surface area contributed by atoms with Crippen LogP contribution in [0.4, 0.5) is 0 Å². The van der Waals surface area contributed by atoms with E-state index in [1.54, 1.807) is 0 Å². The quantitative estimate of drug-likeness (QED) is 0.505. The van der Waals surface area contributed by atoms with Crippen molar-refractivity contribution in [1.82, 2.24) is 0 Å². The minimum absolute atomic E-state index is 0.304. The molecule has 0 aromatic carbocycles. The second kappa shape index (κ2) is 8.12. The summed E-state index contributed by atoms with van der Waals surface area (Å²) >= 11 is 4.01. The molecule has 14 heavy (non-hydrogen) atoms. The van der Waals surface area contributed by atoms with Gasteiger partial charge in [-0.25, -0.2) is 0 Å². The molecule has 0 amide bonds. The van der Waals surface area contributed by atoms with E-state index in [4.69, 9.17) is 10.5 Å². The zero-order chi connectivity index (χ0) is 11.0. The highest BCUT2D eigenvalue weighted by molar-refractivity contribution is 7.80. The number of rotatable bonds is 7. The molecule has 2 unspecified atom stereocenters. The maximum Gasteiger partial charge on any atom is 0.322 e. The van der Waals surface area contributed by atoms with Crippen molar-refractivity contribution >= 4 is 18.6 Å². The standard InChI is InChI=1S/C10H21NO2S/c1-3-4-8(2)7-13-10(12)9(11)5-6-14/h8-9,14H,3-7,11H2,1-2H3. The predicted octanol–water partition coefficient (Wildman–Crippen LogP) is 1.61. The van der Waals surface area contributed by atoms with Gasteiger partial charge in [-0.15, -0.1) is 0 Å². The van der Waals surface area contributed by atoms with Crippen LogP contribution < -0.4 is 5.73 Å². The molecular formula is C10H21NO2S. The number of nitrogens with two attached hydrogens (primary N) is 1. The maximum absolute atomic E-state index is 11.3. The first-order valence-electron chi connectivity index (χ1n) is 5.14. The van der Waals surface area contributed by atoms with E-state index in [1.807, 2.05) is 0 Å². The van der Waals surface area contributed by atoms with Crippen LogP contribution in [0.2, 0.25) is 0 Å². The third-order valence-electron chi connectivity index (χ3n) is 2.03. The van der Waals surface area contributed by atoms with Gasteiger partial charge in [0.05, 0.1) is 6.61 Å². The molecule has 0 fully saturated rings. The maximum atomic E-state index is 11.3. The van der Waals surface area contributed by atoms with Crippen molar-refractivity contribution in [2.24, 2.45) is 11.7 Å². The van der Waals surface area contributed by atoms with Crippen molar-refractivity contribution in [1.29, 1.82) is 0 Å². The number of carbonyl (C=O) groups is 1. The minimum Gasteiger partial charge on any atom is -0.464 e. The molecule has 0 aliphatic heterocycles. The lowest BCUT2D eigenvalue weighted by Crippen LogP contribution is -2.33. The molecule has 0 aromatic rings. The van der Waals surface area contributed by atoms with Crippen molar-refractivity contribution in [3.63, 3.8) is 0 Å². The van der Waals surface area contributed by atoms with Gasteiger partial charge in [0.1, 0.15) is 6.04 Å². The first kappa shape index (κ1) is 13.8. The Kier molecular flexibility index (Phi) is 7.99. The molecule has 0 aromatic heterocycles. The Morgan fingerprint density at radius 2 is 2.14 bits per heavy atom. The Balaban J connectivity index is 3.61. The van der Waals surface area contributed by atoms with Gasteiger partial charge in [0, 0.05) is 0 Å². The second-order valence-electron chi connectivity index (χ2n) is 3.64. The van der Waals surface area contributed by atoms with Crippen LogP contribution in [0.5, 0.6) is 0 Å². The highest BCUT2D eigenvalue weighted by atomic mass is 32.1. The van der Waals surface area contributed by atoms with Gasteiger partial charge in [-0.2, -0.15) is 12.6 Å². The molecule has 4 heteroatoms. The van der Waals surface area contributed by atoms with Crippen LogP contribution in [0.15, 0.2) is 0 Å². The first-order chi connectivity index (χ1) is 6.61. The van der Waals surface area contributed by atoms with Gasteiger partial charge in [-0.3, -0.25) is 4.79 Å². The summed E-state index contributed by atoms with van der Waals surface area (Å²) in [5, 5.41) is 0. The van der Waals surface area contributed by atoms with E-state index in [0.29, 0.717) is 24.7 Å². The van der Waals surface area contributed by atoms with Gasteiger partial charge in [0.2, 0.25) is 0 Å². The SMILES string of the molecule is CCCC(C)COC(=O)C(N)CCS. The van der Waals surface area contributed by atoms with Crippen LogP contribution in [-0.4, -0.2) is 24.4 Å². The van der Waals surface area contributed by atoms with E-state index < -0.39 is 6.04 Å². The Hall–Kier alpha value is -0.220. The second-order valence-corrected chi connectivity index (χ2v) is 4.09. The van der Waals surface area contributed by atoms with Crippen molar-refractivity contribution in [3.05, 3.63) is 0 Å². The van der Waals surface area contributed by atoms with Gasteiger partial charge in [-0.1, -0.05) is 20.3 Å². The Labute approximate surface area is 91.8 Å². The molecule has 0 aliphatic carbocycles. The van der Waals surface area contributed by atoms with Crippen molar-refractivity contribution in [2.45, 2.75) is 39.2 Å². The van der Waals surface area contributed by atoms with E-state index in [-0.39, 0.29) is 5.97 Å². The highest BCUT2D eigenvalue weighted by Crippen LogP contribution is 2.06. The lowest BCUT2D eigenvalue weighted by atomic mass is 10.1. The summed E-state index contributed by atoms with van der Waals surface area (Å²) < 4.78 is 5.07. The number of hydrogen-bond acceptors (Lipinski definition) is 4. The van der Waals surface area contributed by atoms with Gasteiger partial charge in [0.25, 0.3) is 0 Å². The van der Waals surface area contributed by atoms with E-state index in [9.17, 15) is 4.79 Å². The van der Waals surface area contributed by atoms with E-state index in [1.165, 1.54) is 0 Å². The monoisotopic (exact) mass is 219 g/mol. The van der Waals surface area contributed by atoms with Gasteiger partial charge in [-0.05, 0) is 24.5 Å². The molecule has 0 aliphatic rings. The number of esters is 1. The molecule has 3 nitrogen and oxygen atoms in total. The van der Waals surface area contributed by atoms with Crippen LogP contribution in [0, 0.1) is 5.92 Å². The summed E-state index contributed by atoms with van der Waals surface area (Å²) in [6.07, 6.45) is 2.76. The van der Waals surface area contributed by atoms with Gasteiger partial charge in [0.15, 0.2) is 0 Å². The number of carbonyl (C=O) groups excluding carboxylic acids is 1. The van der Waals surface area contributed by atoms with E-state index in [0.717, 1.165) is 12.8 Å². The molecule has 84 valence electrons. The summed E-state index contributed by atoms with van der Waals surface area (Å²) in [7, 11) is 0. The lowest BCUT2D eigenvalue weighted by molar-refractivity contribution is -0.146. The van der Waals surface area contributed by atoms with Crippen molar-refractivity contribution in [2.75, 3.05) is 12.4 Å². The first-order valence-corrected chi connectivity index (χ1v) is 5.78. The number of thiol groups is 1. The zero-order valence-electron chi connectivity index (χ0n) is 9.03. The molecule has 0 spiro atoms. The lowest BCUT2D eigenvalue weighted by Gasteiger charge is -2.13. The van der Waals surface area contributed by atoms with Crippen LogP contribution in [0.1, 0.15) is 33.1 Å². The average Bonchev–Trinajstić information content (AvgIpc) is 2.15. The molecule has 2 atom stereocenters. The third kappa shape index (κ3) is 6.27. The molecule has 0 saturated carbocycles. The number of ether oxygens (including phenoxy) is 1. The molecule has 2 N–H and O–H groups in total. The summed E-state index contributed by atoms with van der Waals surface area (Å²) in [5.74, 6) is 0.731. The van der Waals surface area contributed by atoms with Crippen LogP contribution in [-0.2, 0) is 9.53 Å². The summed E-state index contributed by atoms with van der Waals surface area (Å²) in [4.78, 5) is 11.3. The summed E-state index contributed by atoms with van der Waals surface area (Å²) in [6, 6.07) is -0.513. The normalized spacial score (nSPS) is 14.9.